The number of aromatic nitrogens is 2. The molecule has 1 aromatic heterocycles. The molecule has 3 amide bonds. The molecule has 2 aliphatic rings. The van der Waals surface area contributed by atoms with Crippen LogP contribution in [0.1, 0.15) is 56.6 Å². The van der Waals surface area contributed by atoms with Crippen LogP contribution in [0.5, 0.6) is 0 Å². The molecule has 0 spiro atoms. The number of amides is 3. The summed E-state index contributed by atoms with van der Waals surface area (Å²) in [5, 5.41) is 3.10. The number of nitrogens with zero attached hydrogens (tertiary/aromatic N) is 4. The predicted molar refractivity (Wildman–Crippen MR) is 139 cm³/mol. The molecule has 2 atom stereocenters. The highest BCUT2D eigenvalue weighted by Gasteiger charge is 2.40. The number of ether oxygens (including phenoxy) is 1. The number of nitrogens with one attached hydrogen (secondary N) is 1. The molecule has 3 aromatic rings. The molecule has 9 nitrogen and oxygen atoms in total. The third-order valence-corrected chi connectivity index (χ3v) is 7.30. The van der Waals surface area contributed by atoms with Crippen molar-refractivity contribution in [3.63, 3.8) is 0 Å². The molecule has 2 aromatic carbocycles. The first-order chi connectivity index (χ1) is 18.0. The van der Waals surface area contributed by atoms with E-state index in [9.17, 15) is 14.4 Å². The van der Waals surface area contributed by atoms with E-state index < -0.39 is 6.04 Å². The molecular weight excluding hydrogens is 470 g/mol. The van der Waals surface area contributed by atoms with Crippen molar-refractivity contribution in [3.05, 3.63) is 66.0 Å². The third kappa shape index (κ3) is 5.03. The highest BCUT2D eigenvalue weighted by Crippen LogP contribution is 2.37. The van der Waals surface area contributed by atoms with Crippen molar-refractivity contribution < 1.29 is 19.1 Å². The lowest BCUT2D eigenvalue weighted by Crippen LogP contribution is -2.49. The Labute approximate surface area is 216 Å². The van der Waals surface area contributed by atoms with Gasteiger partial charge in [0.05, 0.1) is 30.1 Å². The minimum absolute atomic E-state index is 0.0300. The summed E-state index contributed by atoms with van der Waals surface area (Å²) in [6.45, 7) is 5.64. The lowest BCUT2D eigenvalue weighted by molar-refractivity contribution is -0.142. The smallest absolute Gasteiger partial charge is 0.409 e. The highest BCUT2D eigenvalue weighted by molar-refractivity contribution is 5.91. The zero-order valence-corrected chi connectivity index (χ0v) is 21.3. The first kappa shape index (κ1) is 24.8. The molecule has 1 saturated heterocycles. The van der Waals surface area contributed by atoms with Crippen LogP contribution >= 0.6 is 0 Å². The summed E-state index contributed by atoms with van der Waals surface area (Å²) in [6, 6.07) is 16.7. The van der Waals surface area contributed by atoms with Gasteiger partial charge in [0.25, 0.3) is 0 Å². The van der Waals surface area contributed by atoms with E-state index in [1.807, 2.05) is 71.0 Å². The van der Waals surface area contributed by atoms with Gasteiger partial charge in [-0.25, -0.2) is 9.78 Å². The number of hydrogen-bond acceptors (Lipinski definition) is 5. The van der Waals surface area contributed by atoms with Crippen LogP contribution in [0.25, 0.3) is 11.0 Å². The van der Waals surface area contributed by atoms with E-state index in [2.05, 4.69) is 5.32 Å². The summed E-state index contributed by atoms with van der Waals surface area (Å²) in [4.78, 5) is 47.5. The molecule has 194 valence electrons. The second-order valence-electron chi connectivity index (χ2n) is 9.70. The zero-order chi connectivity index (χ0) is 25.9. The summed E-state index contributed by atoms with van der Waals surface area (Å²) in [5.74, 6) is 0.530. The topological polar surface area (TPSA) is 96.8 Å². The lowest BCUT2D eigenvalue weighted by Gasteiger charge is -2.39. The van der Waals surface area contributed by atoms with Crippen molar-refractivity contribution in [1.29, 1.82) is 0 Å². The molecule has 1 N–H and O–H groups in total. The maximum Gasteiger partial charge on any atom is 0.409 e. The number of para-hydroxylation sites is 2. The lowest BCUT2D eigenvalue weighted by atomic mass is 10.0. The summed E-state index contributed by atoms with van der Waals surface area (Å²) < 4.78 is 7.03. The maximum absolute atomic E-state index is 13.9. The van der Waals surface area contributed by atoms with Crippen molar-refractivity contribution in [1.82, 2.24) is 24.7 Å². The number of hydrogen-bond donors (Lipinski definition) is 1. The second kappa shape index (κ2) is 10.6. The van der Waals surface area contributed by atoms with E-state index in [1.165, 1.54) is 0 Å². The van der Waals surface area contributed by atoms with Crippen LogP contribution in [-0.4, -0.2) is 63.0 Å². The monoisotopic (exact) mass is 503 g/mol. The summed E-state index contributed by atoms with van der Waals surface area (Å²) in [7, 11) is 0. The standard InChI is InChI=1S/C28H33N5O4/c1-3-37-28(36)31-15-13-21(14-16-31)29-25(34)17-24-27(35)32(18-20-9-5-4-6-10-20)19(2)26-30-22-11-7-8-12-23(22)33(24)26/h4-12,19,21,24H,3,13-18H2,1-2H3,(H,29,34). The van der Waals surface area contributed by atoms with Crippen LogP contribution in [0.15, 0.2) is 54.6 Å². The van der Waals surface area contributed by atoms with Gasteiger partial charge in [0.1, 0.15) is 11.9 Å². The first-order valence-corrected chi connectivity index (χ1v) is 13.0. The molecule has 9 heteroatoms. The van der Waals surface area contributed by atoms with Crippen molar-refractivity contribution in [2.45, 2.75) is 57.8 Å². The van der Waals surface area contributed by atoms with E-state index >= 15 is 0 Å². The van der Waals surface area contributed by atoms with Crippen LogP contribution in [0.2, 0.25) is 0 Å². The van der Waals surface area contributed by atoms with Gasteiger partial charge in [-0.1, -0.05) is 42.5 Å². The SMILES string of the molecule is CCOC(=O)N1CCC(NC(=O)CC2C(=O)N(Cc3ccccc3)C(C)c3nc4ccccc4n32)CC1. The van der Waals surface area contributed by atoms with Gasteiger partial charge in [-0.3, -0.25) is 9.59 Å². The van der Waals surface area contributed by atoms with E-state index in [4.69, 9.17) is 9.72 Å². The number of benzene rings is 2. The number of likely N-dealkylation sites (tertiary alicyclic amines) is 1. The third-order valence-electron chi connectivity index (χ3n) is 7.30. The van der Waals surface area contributed by atoms with Crippen molar-refractivity contribution in [2.24, 2.45) is 0 Å². The molecule has 0 bridgehead atoms. The van der Waals surface area contributed by atoms with Crippen molar-refractivity contribution >= 4 is 28.9 Å². The fourth-order valence-electron chi connectivity index (χ4n) is 5.37. The Morgan fingerprint density at radius 2 is 1.76 bits per heavy atom. The predicted octanol–water partition coefficient (Wildman–Crippen LogP) is 3.81. The van der Waals surface area contributed by atoms with Gasteiger partial charge >= 0.3 is 6.09 Å². The van der Waals surface area contributed by atoms with Crippen LogP contribution in [-0.2, 0) is 20.9 Å². The summed E-state index contributed by atoms with van der Waals surface area (Å²) >= 11 is 0. The average Bonchev–Trinajstić information content (AvgIpc) is 3.30. The number of fused-ring (bicyclic) bond motifs is 3. The number of piperidine rings is 1. The molecule has 0 radical (unpaired) electrons. The number of carbonyl (C=O) groups is 3. The van der Waals surface area contributed by atoms with Gasteiger partial charge in [0, 0.05) is 25.7 Å². The highest BCUT2D eigenvalue weighted by atomic mass is 16.6. The Morgan fingerprint density at radius 3 is 2.49 bits per heavy atom. The molecule has 3 heterocycles. The fraction of sp³-hybridized carbons (Fsp3) is 0.429. The molecule has 0 saturated carbocycles. The Hall–Kier alpha value is -3.88. The normalized spacial score (nSPS) is 20.1. The van der Waals surface area contributed by atoms with Gasteiger partial charge in [0.15, 0.2) is 0 Å². The Kier molecular flexibility index (Phi) is 7.12. The van der Waals surface area contributed by atoms with E-state index in [1.54, 1.807) is 11.8 Å². The largest absolute Gasteiger partial charge is 0.450 e. The van der Waals surface area contributed by atoms with Crippen LogP contribution < -0.4 is 5.32 Å². The number of carbonyl (C=O) groups excluding carboxylic acids is 3. The van der Waals surface area contributed by atoms with E-state index in [0.29, 0.717) is 39.1 Å². The van der Waals surface area contributed by atoms with Gasteiger partial charge in [0.2, 0.25) is 11.8 Å². The zero-order valence-electron chi connectivity index (χ0n) is 21.3. The van der Waals surface area contributed by atoms with Crippen LogP contribution in [0.4, 0.5) is 4.79 Å². The molecule has 37 heavy (non-hydrogen) atoms. The Morgan fingerprint density at radius 1 is 1.05 bits per heavy atom. The van der Waals surface area contributed by atoms with Gasteiger partial charge in [-0.15, -0.1) is 0 Å². The second-order valence-corrected chi connectivity index (χ2v) is 9.70. The molecule has 5 rings (SSSR count). The average molecular weight is 504 g/mol. The van der Waals surface area contributed by atoms with E-state index in [-0.39, 0.29) is 36.4 Å². The molecule has 0 aliphatic carbocycles. The Bertz CT molecular complexity index is 1280. The molecular formula is C28H33N5O4. The van der Waals surface area contributed by atoms with Crippen molar-refractivity contribution in [3.8, 4) is 0 Å². The quantitative estimate of drug-likeness (QED) is 0.552. The Balaban J connectivity index is 1.35. The van der Waals surface area contributed by atoms with Crippen LogP contribution in [0.3, 0.4) is 0 Å². The molecule has 2 aliphatic heterocycles. The fourth-order valence-corrected chi connectivity index (χ4v) is 5.37. The van der Waals surface area contributed by atoms with Gasteiger partial charge in [-0.05, 0) is 44.4 Å². The minimum Gasteiger partial charge on any atom is -0.450 e. The first-order valence-electron chi connectivity index (χ1n) is 13.0. The summed E-state index contributed by atoms with van der Waals surface area (Å²) in [5.41, 5.74) is 2.71. The molecule has 1 fully saturated rings. The summed E-state index contributed by atoms with van der Waals surface area (Å²) in [6.07, 6.45) is 1.02. The van der Waals surface area contributed by atoms with Crippen LogP contribution in [0, 0.1) is 0 Å². The van der Waals surface area contributed by atoms with E-state index in [0.717, 1.165) is 22.4 Å². The minimum atomic E-state index is -0.679. The number of imidazole rings is 1. The maximum atomic E-state index is 13.9. The van der Waals surface area contributed by atoms with Gasteiger partial charge in [-0.2, -0.15) is 0 Å². The van der Waals surface area contributed by atoms with Gasteiger partial charge < -0.3 is 24.4 Å². The number of rotatable bonds is 6. The van der Waals surface area contributed by atoms with Crippen molar-refractivity contribution in [2.75, 3.05) is 19.7 Å². The molecule has 2 unspecified atom stereocenters.